The summed E-state index contributed by atoms with van der Waals surface area (Å²) in [6.45, 7) is 6.06. The van der Waals surface area contributed by atoms with Crippen molar-refractivity contribution in [2.75, 3.05) is 18.4 Å². The summed E-state index contributed by atoms with van der Waals surface area (Å²) < 4.78 is 33.3. The van der Waals surface area contributed by atoms with E-state index in [2.05, 4.69) is 20.4 Å². The number of amides is 1. The number of rotatable bonds is 6. The minimum Gasteiger partial charge on any atom is -0.339 e. The molecule has 0 aromatic carbocycles. The molecule has 1 unspecified atom stereocenters. The number of sulfonamides is 1. The van der Waals surface area contributed by atoms with Crippen LogP contribution in [0.1, 0.15) is 36.2 Å². The molecule has 3 aromatic rings. The minimum atomic E-state index is -3.75. The molecule has 9 nitrogen and oxygen atoms in total. The van der Waals surface area contributed by atoms with Gasteiger partial charge in [-0.3, -0.25) is 4.79 Å². The van der Waals surface area contributed by atoms with Gasteiger partial charge in [0.05, 0.1) is 21.4 Å². The highest BCUT2D eigenvalue weighted by molar-refractivity contribution is 7.89. The third-order valence-electron chi connectivity index (χ3n) is 5.09. The van der Waals surface area contributed by atoms with E-state index in [1.165, 1.54) is 27.0 Å². The second kappa shape index (κ2) is 8.77. The van der Waals surface area contributed by atoms with Gasteiger partial charge in [0.1, 0.15) is 0 Å². The molecule has 1 aliphatic heterocycles. The Bertz CT molecular complexity index is 1200. The van der Waals surface area contributed by atoms with Crippen LogP contribution in [0.2, 0.25) is 0 Å². The maximum Gasteiger partial charge on any atom is 0.244 e. The van der Waals surface area contributed by atoms with Crippen LogP contribution in [-0.4, -0.2) is 46.8 Å². The fourth-order valence-electron chi connectivity index (χ4n) is 3.46. The normalized spacial score (nSPS) is 17.7. The third-order valence-corrected chi connectivity index (χ3v) is 9.13. The number of hydrogen-bond donors (Lipinski definition) is 1. The first kappa shape index (κ1) is 22.1. The number of aryl methyl sites for hydroxylation is 3. The molecular weight excluding hydrogens is 458 g/mol. The van der Waals surface area contributed by atoms with Crippen LogP contribution < -0.4 is 5.32 Å². The molecule has 0 aliphatic carbocycles. The van der Waals surface area contributed by atoms with E-state index < -0.39 is 15.9 Å². The lowest BCUT2D eigenvalue weighted by Crippen LogP contribution is -2.43. The van der Waals surface area contributed by atoms with Gasteiger partial charge in [-0.1, -0.05) is 12.1 Å². The first-order valence-electron chi connectivity index (χ1n) is 9.94. The number of carbonyl (C=O) groups excluding carboxylic acids is 1. The van der Waals surface area contributed by atoms with E-state index >= 15 is 0 Å². The maximum atomic E-state index is 13.4. The topological polar surface area (TPSA) is 118 Å². The molecule has 4 heterocycles. The number of anilines is 1. The van der Waals surface area contributed by atoms with E-state index in [1.807, 2.05) is 19.2 Å². The molecule has 166 valence electrons. The van der Waals surface area contributed by atoms with E-state index in [0.29, 0.717) is 52.4 Å². The third kappa shape index (κ3) is 4.56. The summed E-state index contributed by atoms with van der Waals surface area (Å²) in [5, 5.41) is 9.15. The molecule has 0 saturated carbocycles. The van der Waals surface area contributed by atoms with Crippen molar-refractivity contribution in [1.29, 1.82) is 0 Å². The second-order valence-corrected chi connectivity index (χ2v) is 11.4. The van der Waals surface area contributed by atoms with Crippen LogP contribution >= 0.6 is 22.7 Å². The highest BCUT2D eigenvalue weighted by Crippen LogP contribution is 2.35. The van der Waals surface area contributed by atoms with Crippen molar-refractivity contribution in [3.8, 4) is 10.7 Å². The highest BCUT2D eigenvalue weighted by Gasteiger charge is 2.35. The molecule has 12 heteroatoms. The summed E-state index contributed by atoms with van der Waals surface area (Å²) in [5.74, 6) is 0.276. The zero-order valence-electron chi connectivity index (χ0n) is 17.4. The highest BCUT2D eigenvalue weighted by atomic mass is 32.2. The smallest absolute Gasteiger partial charge is 0.244 e. The van der Waals surface area contributed by atoms with Crippen LogP contribution in [0, 0.1) is 19.8 Å². The Balaban J connectivity index is 1.52. The van der Waals surface area contributed by atoms with Crippen molar-refractivity contribution < 1.29 is 17.7 Å². The van der Waals surface area contributed by atoms with Crippen molar-refractivity contribution in [2.45, 2.75) is 44.9 Å². The lowest BCUT2D eigenvalue weighted by Gasteiger charge is -2.31. The van der Waals surface area contributed by atoms with Gasteiger partial charge in [0.25, 0.3) is 0 Å². The Morgan fingerprint density at radius 1 is 1.35 bits per heavy atom. The molecule has 1 atom stereocenters. The van der Waals surface area contributed by atoms with Gasteiger partial charge in [-0.15, -0.1) is 22.7 Å². The van der Waals surface area contributed by atoms with Crippen molar-refractivity contribution in [1.82, 2.24) is 19.4 Å². The lowest BCUT2D eigenvalue weighted by atomic mass is 9.99. The Morgan fingerprint density at radius 3 is 2.84 bits per heavy atom. The number of carbonyl (C=O) groups is 1. The molecule has 4 rings (SSSR count). The number of nitrogens with zero attached hydrogens (tertiary/aromatic N) is 4. The van der Waals surface area contributed by atoms with Crippen LogP contribution in [0.3, 0.4) is 0 Å². The summed E-state index contributed by atoms with van der Waals surface area (Å²) in [6, 6.07) is 1.60. The molecular formula is C19H23N5O4S3. The average molecular weight is 482 g/mol. The summed E-state index contributed by atoms with van der Waals surface area (Å²) in [6.07, 6.45) is 1.87. The molecule has 1 saturated heterocycles. The average Bonchev–Trinajstić information content (AvgIpc) is 3.48. The SMILES string of the molecule is CCc1nc(-c2cc(S(=O)(=O)N3CCCC(C(=O)Nc4nc(C)cs4)C3)c(C)s2)no1. The van der Waals surface area contributed by atoms with E-state index in [1.54, 1.807) is 13.0 Å². The van der Waals surface area contributed by atoms with E-state index in [0.717, 1.165) is 5.69 Å². The number of piperidine rings is 1. The molecule has 1 aliphatic rings. The zero-order valence-corrected chi connectivity index (χ0v) is 19.9. The number of thiophene rings is 1. The standard InChI is InChI=1S/C19H23N5O4S3/c1-4-16-21-17(23-28-16)14-8-15(12(3)30-14)31(26,27)24-7-5-6-13(9-24)18(25)22-19-20-11(2)10-29-19/h8,10,13H,4-7,9H2,1-3H3,(H,20,22,25). The monoisotopic (exact) mass is 481 g/mol. The van der Waals surface area contributed by atoms with Crippen LogP contribution in [0.5, 0.6) is 0 Å². The zero-order chi connectivity index (χ0) is 22.2. The first-order valence-corrected chi connectivity index (χ1v) is 13.1. The van der Waals surface area contributed by atoms with Gasteiger partial charge < -0.3 is 9.84 Å². The molecule has 1 N–H and O–H groups in total. The van der Waals surface area contributed by atoms with E-state index in [-0.39, 0.29) is 17.3 Å². The lowest BCUT2D eigenvalue weighted by molar-refractivity contribution is -0.120. The van der Waals surface area contributed by atoms with Gasteiger partial charge in [-0.05, 0) is 32.8 Å². The van der Waals surface area contributed by atoms with Gasteiger partial charge in [-0.25, -0.2) is 13.4 Å². The van der Waals surface area contributed by atoms with Crippen LogP contribution in [-0.2, 0) is 21.2 Å². The Hall–Kier alpha value is -2.15. The number of hydrogen-bond acceptors (Lipinski definition) is 9. The van der Waals surface area contributed by atoms with Gasteiger partial charge in [0.15, 0.2) is 5.13 Å². The van der Waals surface area contributed by atoms with Crippen molar-refractivity contribution in [2.24, 2.45) is 5.92 Å². The largest absolute Gasteiger partial charge is 0.339 e. The summed E-state index contributed by atoms with van der Waals surface area (Å²) in [4.78, 5) is 22.7. The van der Waals surface area contributed by atoms with Crippen molar-refractivity contribution in [3.63, 3.8) is 0 Å². The van der Waals surface area contributed by atoms with E-state index in [9.17, 15) is 13.2 Å². The van der Waals surface area contributed by atoms with Gasteiger partial charge in [-0.2, -0.15) is 9.29 Å². The Labute approximate surface area is 188 Å². The van der Waals surface area contributed by atoms with Crippen LogP contribution in [0.25, 0.3) is 10.7 Å². The second-order valence-electron chi connectivity index (χ2n) is 7.38. The molecule has 0 bridgehead atoms. The number of thiazole rings is 1. The maximum absolute atomic E-state index is 13.4. The minimum absolute atomic E-state index is 0.144. The summed E-state index contributed by atoms with van der Waals surface area (Å²) in [7, 11) is -3.75. The van der Waals surface area contributed by atoms with Gasteiger partial charge >= 0.3 is 0 Å². The summed E-state index contributed by atoms with van der Waals surface area (Å²) >= 11 is 2.67. The van der Waals surface area contributed by atoms with E-state index in [4.69, 9.17) is 4.52 Å². The van der Waals surface area contributed by atoms with Crippen LogP contribution in [0.15, 0.2) is 20.9 Å². The molecule has 1 amide bonds. The quantitative estimate of drug-likeness (QED) is 0.572. The summed E-state index contributed by atoms with van der Waals surface area (Å²) in [5.41, 5.74) is 0.838. The molecule has 0 spiro atoms. The Kier molecular flexibility index (Phi) is 6.24. The Morgan fingerprint density at radius 2 is 2.16 bits per heavy atom. The predicted octanol–water partition coefficient (Wildman–Crippen LogP) is 3.47. The van der Waals surface area contributed by atoms with Crippen LogP contribution in [0.4, 0.5) is 5.13 Å². The van der Waals surface area contributed by atoms with Gasteiger partial charge in [0, 0.05) is 29.8 Å². The fourth-order valence-corrected chi connectivity index (χ4v) is 7.16. The number of aromatic nitrogens is 3. The molecule has 3 aromatic heterocycles. The van der Waals surface area contributed by atoms with Crippen molar-refractivity contribution >= 4 is 43.7 Å². The molecule has 31 heavy (non-hydrogen) atoms. The van der Waals surface area contributed by atoms with Gasteiger partial charge in [0.2, 0.25) is 27.6 Å². The first-order chi connectivity index (χ1) is 14.8. The molecule has 1 fully saturated rings. The molecule has 0 radical (unpaired) electrons. The number of nitrogens with one attached hydrogen (secondary N) is 1. The fraction of sp³-hybridized carbons (Fsp3) is 0.474. The van der Waals surface area contributed by atoms with Crippen molar-refractivity contribution in [3.05, 3.63) is 27.9 Å². The predicted molar refractivity (Wildman–Crippen MR) is 119 cm³/mol.